The van der Waals surface area contributed by atoms with E-state index in [0.29, 0.717) is 5.56 Å². The predicted octanol–water partition coefficient (Wildman–Crippen LogP) is 0.938. The zero-order valence-electron chi connectivity index (χ0n) is 18.1. The number of hydrogen-bond donors (Lipinski definition) is 3. The molecule has 9 heteroatoms. The number of nitrogens with one attached hydrogen (secondary N) is 1. The number of nitriles is 1. The summed E-state index contributed by atoms with van der Waals surface area (Å²) in [7, 11) is 1.44. The van der Waals surface area contributed by atoms with Crippen molar-refractivity contribution in [3.05, 3.63) is 76.9 Å². The molecular formula is C23H26BN3O5. The number of carbonyl (C=O) groups is 2. The first kappa shape index (κ1) is 24.8. The second-order valence-corrected chi connectivity index (χ2v) is 7.38. The Hall–Kier alpha value is -3.45. The van der Waals surface area contributed by atoms with E-state index in [4.69, 9.17) is 4.74 Å². The molecule has 0 heterocycles. The van der Waals surface area contributed by atoms with Crippen molar-refractivity contribution in [1.29, 1.82) is 5.26 Å². The van der Waals surface area contributed by atoms with Gasteiger partial charge >= 0.3 is 7.12 Å². The molecule has 0 spiro atoms. The summed E-state index contributed by atoms with van der Waals surface area (Å²) < 4.78 is 5.45. The summed E-state index contributed by atoms with van der Waals surface area (Å²) >= 11 is 0. The largest absolute Gasteiger partial charge is 0.475 e. The van der Waals surface area contributed by atoms with Gasteiger partial charge in [-0.3, -0.25) is 9.59 Å². The Bertz CT molecular complexity index is 987. The highest BCUT2D eigenvalue weighted by molar-refractivity contribution is 6.43. The number of hydrogen-bond acceptors (Lipinski definition) is 6. The Labute approximate surface area is 187 Å². The van der Waals surface area contributed by atoms with E-state index in [1.165, 1.54) is 11.0 Å². The highest BCUT2D eigenvalue weighted by Gasteiger charge is 2.25. The minimum absolute atomic E-state index is 0.0134. The maximum Gasteiger partial charge on any atom is 0.475 e. The number of carbonyl (C=O) groups excluding carboxylic acids is 2. The molecule has 0 bridgehead atoms. The van der Waals surface area contributed by atoms with Crippen LogP contribution in [0.4, 0.5) is 0 Å². The summed E-state index contributed by atoms with van der Waals surface area (Å²) in [5, 5.41) is 30.9. The van der Waals surface area contributed by atoms with Gasteiger partial charge in [-0.05, 0) is 35.3 Å². The molecule has 2 aromatic rings. The summed E-state index contributed by atoms with van der Waals surface area (Å²) in [6.45, 7) is -0.135. The van der Waals surface area contributed by atoms with Crippen LogP contribution in [0.1, 0.15) is 16.7 Å². The van der Waals surface area contributed by atoms with Gasteiger partial charge in [0.15, 0.2) is 0 Å². The summed E-state index contributed by atoms with van der Waals surface area (Å²) in [6, 6.07) is 18.2. The molecule has 0 aliphatic rings. The topological polar surface area (TPSA) is 123 Å². The zero-order valence-corrected chi connectivity index (χ0v) is 18.1. The monoisotopic (exact) mass is 435 g/mol. The molecule has 0 aliphatic heterocycles. The van der Waals surface area contributed by atoms with Crippen molar-refractivity contribution in [3.8, 4) is 6.07 Å². The van der Waals surface area contributed by atoms with Gasteiger partial charge in [0.25, 0.3) is 5.91 Å². The molecule has 0 saturated heterocycles. The van der Waals surface area contributed by atoms with Crippen molar-refractivity contribution in [1.82, 2.24) is 10.2 Å². The van der Waals surface area contributed by atoms with E-state index in [9.17, 15) is 24.9 Å². The van der Waals surface area contributed by atoms with Gasteiger partial charge in [0.05, 0.1) is 12.5 Å². The van der Waals surface area contributed by atoms with Crippen LogP contribution in [0.25, 0.3) is 6.08 Å². The molecule has 0 aliphatic carbocycles. The Morgan fingerprint density at radius 2 is 1.84 bits per heavy atom. The van der Waals surface area contributed by atoms with Crippen molar-refractivity contribution < 1.29 is 24.4 Å². The SMILES string of the molecule is CN(C)C(=O)/C(C#N)=C/c1cccc(COCC(=O)N[C@@H](Cc2ccccc2)B(O)O)c1. The van der Waals surface area contributed by atoms with Crippen molar-refractivity contribution in [2.24, 2.45) is 0 Å². The zero-order chi connectivity index (χ0) is 23.5. The Morgan fingerprint density at radius 1 is 1.16 bits per heavy atom. The second-order valence-electron chi connectivity index (χ2n) is 7.38. The lowest BCUT2D eigenvalue weighted by molar-refractivity contribution is -0.126. The molecule has 8 nitrogen and oxygen atoms in total. The first-order chi connectivity index (χ1) is 15.3. The van der Waals surface area contributed by atoms with E-state index in [2.05, 4.69) is 5.32 Å². The molecule has 32 heavy (non-hydrogen) atoms. The van der Waals surface area contributed by atoms with Gasteiger partial charge < -0.3 is 25.0 Å². The average Bonchev–Trinajstić information content (AvgIpc) is 2.77. The molecule has 166 valence electrons. The first-order valence-electron chi connectivity index (χ1n) is 9.99. The van der Waals surface area contributed by atoms with E-state index in [1.807, 2.05) is 36.4 Å². The van der Waals surface area contributed by atoms with Crippen LogP contribution in [0.15, 0.2) is 60.2 Å². The molecule has 2 rings (SSSR count). The van der Waals surface area contributed by atoms with E-state index < -0.39 is 19.0 Å². The normalized spacial score (nSPS) is 11.9. The van der Waals surface area contributed by atoms with Gasteiger partial charge in [-0.2, -0.15) is 5.26 Å². The van der Waals surface area contributed by atoms with Crippen molar-refractivity contribution in [3.63, 3.8) is 0 Å². The van der Waals surface area contributed by atoms with Crippen LogP contribution in [0.2, 0.25) is 0 Å². The minimum Gasteiger partial charge on any atom is -0.426 e. The van der Waals surface area contributed by atoms with Gasteiger partial charge in [0.2, 0.25) is 5.91 Å². The molecule has 2 amide bonds. The number of rotatable bonds is 10. The average molecular weight is 435 g/mol. The van der Waals surface area contributed by atoms with Gasteiger partial charge in [-0.15, -0.1) is 0 Å². The van der Waals surface area contributed by atoms with Crippen LogP contribution >= 0.6 is 0 Å². The van der Waals surface area contributed by atoms with Crippen LogP contribution in [-0.2, 0) is 27.4 Å². The maximum absolute atomic E-state index is 12.2. The molecule has 0 unspecified atom stereocenters. The van der Waals surface area contributed by atoms with E-state index >= 15 is 0 Å². The number of nitrogens with zero attached hydrogens (tertiary/aromatic N) is 2. The summed E-state index contributed by atoms with van der Waals surface area (Å²) in [6.07, 6.45) is 1.76. The molecule has 0 saturated carbocycles. The molecular weight excluding hydrogens is 409 g/mol. The molecule has 1 atom stereocenters. The van der Waals surface area contributed by atoms with Crippen LogP contribution in [0.3, 0.4) is 0 Å². The fourth-order valence-corrected chi connectivity index (χ4v) is 2.93. The quantitative estimate of drug-likeness (QED) is 0.290. The third-order valence-electron chi connectivity index (χ3n) is 4.53. The molecule has 2 aromatic carbocycles. The third-order valence-corrected chi connectivity index (χ3v) is 4.53. The van der Waals surface area contributed by atoms with Crippen LogP contribution < -0.4 is 5.32 Å². The number of benzene rings is 2. The van der Waals surface area contributed by atoms with Crippen LogP contribution in [0.5, 0.6) is 0 Å². The van der Waals surface area contributed by atoms with Crippen molar-refractivity contribution in [2.75, 3.05) is 20.7 Å². The fraction of sp³-hybridized carbons (Fsp3) is 0.261. The van der Waals surface area contributed by atoms with Crippen LogP contribution in [0, 0.1) is 11.3 Å². The molecule has 0 aromatic heterocycles. The highest BCUT2D eigenvalue weighted by Crippen LogP contribution is 2.12. The Balaban J connectivity index is 1.91. The van der Waals surface area contributed by atoms with Gasteiger partial charge in [0.1, 0.15) is 18.2 Å². The lowest BCUT2D eigenvalue weighted by Crippen LogP contribution is -2.48. The first-order valence-corrected chi connectivity index (χ1v) is 9.99. The number of likely N-dealkylation sites (N-methyl/N-ethyl adjacent to an activating group) is 1. The van der Waals surface area contributed by atoms with Crippen molar-refractivity contribution >= 4 is 25.0 Å². The summed E-state index contributed by atoms with van der Waals surface area (Å²) in [4.78, 5) is 25.5. The fourth-order valence-electron chi connectivity index (χ4n) is 2.93. The predicted molar refractivity (Wildman–Crippen MR) is 121 cm³/mol. The van der Waals surface area contributed by atoms with E-state index in [1.54, 1.807) is 38.4 Å². The lowest BCUT2D eigenvalue weighted by Gasteiger charge is -2.18. The van der Waals surface area contributed by atoms with Crippen LogP contribution in [-0.4, -0.2) is 60.5 Å². The standard InChI is InChI=1S/C23H26BN3O5/c1-27(2)23(29)20(14-25)12-18-9-6-10-19(11-18)15-32-16-22(28)26-21(24(30)31)13-17-7-4-3-5-8-17/h3-12,21,30-31H,13,15-16H2,1-2H3,(H,26,28)/b20-12+/t21-/m0/s1. The minimum atomic E-state index is -1.71. The summed E-state index contributed by atoms with van der Waals surface area (Å²) in [5.74, 6) is -1.72. The maximum atomic E-state index is 12.2. The van der Waals surface area contributed by atoms with Crippen molar-refractivity contribution in [2.45, 2.75) is 19.0 Å². The van der Waals surface area contributed by atoms with E-state index in [0.717, 1.165) is 11.1 Å². The highest BCUT2D eigenvalue weighted by atomic mass is 16.5. The number of ether oxygens (including phenoxy) is 1. The third kappa shape index (κ3) is 8.00. The van der Waals surface area contributed by atoms with Gasteiger partial charge in [0, 0.05) is 14.1 Å². The summed E-state index contributed by atoms with van der Waals surface area (Å²) in [5.41, 5.74) is 2.29. The smallest absolute Gasteiger partial charge is 0.426 e. The molecule has 0 radical (unpaired) electrons. The van der Waals surface area contributed by atoms with Gasteiger partial charge in [-0.25, -0.2) is 0 Å². The Morgan fingerprint density at radius 3 is 2.47 bits per heavy atom. The lowest BCUT2D eigenvalue weighted by atomic mass is 9.76. The second kappa shape index (κ2) is 12.4. The molecule has 3 N–H and O–H groups in total. The number of amides is 2. The van der Waals surface area contributed by atoms with E-state index in [-0.39, 0.29) is 31.1 Å². The Kier molecular flexibility index (Phi) is 9.63. The van der Waals surface area contributed by atoms with Gasteiger partial charge in [-0.1, -0.05) is 48.5 Å². The molecule has 0 fully saturated rings.